The van der Waals surface area contributed by atoms with Crippen LogP contribution in [0.2, 0.25) is 0 Å². The summed E-state index contributed by atoms with van der Waals surface area (Å²) in [6, 6.07) is 10.7. The topological polar surface area (TPSA) is 88.7 Å². The van der Waals surface area contributed by atoms with Crippen molar-refractivity contribution in [3.05, 3.63) is 48.0 Å². The number of carbonyl (C=O) groups is 2. The van der Waals surface area contributed by atoms with Gasteiger partial charge in [-0.3, -0.25) is 9.59 Å². The number of benzene rings is 2. The average Bonchev–Trinajstić information content (AvgIpc) is 2.75. The molecule has 0 bridgehead atoms. The van der Waals surface area contributed by atoms with Gasteiger partial charge >= 0.3 is 6.18 Å². The molecular weight excluding hydrogens is 427 g/mol. The van der Waals surface area contributed by atoms with Crippen LogP contribution in [0.15, 0.2) is 42.5 Å². The summed E-state index contributed by atoms with van der Waals surface area (Å²) in [7, 11) is 0. The van der Waals surface area contributed by atoms with E-state index in [4.69, 9.17) is 9.47 Å². The van der Waals surface area contributed by atoms with Crippen molar-refractivity contribution in [3.8, 4) is 11.5 Å². The Morgan fingerprint density at radius 3 is 2.09 bits per heavy atom. The van der Waals surface area contributed by atoms with Crippen molar-refractivity contribution in [2.45, 2.75) is 33.0 Å². The monoisotopic (exact) mass is 453 g/mol. The van der Waals surface area contributed by atoms with Gasteiger partial charge in [-0.1, -0.05) is 18.2 Å². The number of amides is 2. The van der Waals surface area contributed by atoms with E-state index in [0.717, 1.165) is 0 Å². The fourth-order valence-electron chi connectivity index (χ4n) is 2.74. The maximum atomic E-state index is 12.6. The van der Waals surface area contributed by atoms with Crippen LogP contribution in [0.4, 0.5) is 24.5 Å². The van der Waals surface area contributed by atoms with Crippen molar-refractivity contribution in [2.24, 2.45) is 0 Å². The molecule has 0 aliphatic heterocycles. The van der Waals surface area contributed by atoms with E-state index in [-0.39, 0.29) is 12.5 Å². The highest BCUT2D eigenvalue weighted by Gasteiger charge is 2.29. The Hall–Kier alpha value is -3.43. The highest BCUT2D eigenvalue weighted by atomic mass is 19.4. The summed E-state index contributed by atoms with van der Waals surface area (Å²) < 4.78 is 48.4. The number of rotatable bonds is 10. The van der Waals surface area contributed by atoms with Gasteiger partial charge in [0.2, 0.25) is 5.91 Å². The summed E-state index contributed by atoms with van der Waals surface area (Å²) in [6.07, 6.45) is -4.51. The fraction of sp³-hybridized carbons (Fsp3) is 0.364. The summed E-state index contributed by atoms with van der Waals surface area (Å²) in [5.41, 5.74) is 1.14. The van der Waals surface area contributed by atoms with Gasteiger partial charge in [0.25, 0.3) is 5.91 Å². The molecule has 0 heterocycles. The molecule has 0 radical (unpaired) electrons. The van der Waals surface area contributed by atoms with Gasteiger partial charge in [-0.15, -0.1) is 0 Å². The van der Waals surface area contributed by atoms with E-state index < -0.39 is 24.7 Å². The Labute approximate surface area is 184 Å². The highest BCUT2D eigenvalue weighted by Crippen LogP contribution is 2.37. The van der Waals surface area contributed by atoms with Gasteiger partial charge in [0.05, 0.1) is 24.6 Å². The largest absolute Gasteiger partial charge is 0.492 e. The van der Waals surface area contributed by atoms with Crippen LogP contribution in [0.3, 0.4) is 0 Å². The first-order valence-corrected chi connectivity index (χ1v) is 10.1. The van der Waals surface area contributed by atoms with Crippen molar-refractivity contribution < 1.29 is 32.2 Å². The molecule has 0 aliphatic carbocycles. The molecule has 10 heteroatoms. The van der Waals surface area contributed by atoms with E-state index in [0.29, 0.717) is 35.0 Å². The van der Waals surface area contributed by atoms with Gasteiger partial charge in [-0.2, -0.15) is 13.2 Å². The molecule has 2 aromatic carbocycles. The van der Waals surface area contributed by atoms with E-state index in [2.05, 4.69) is 10.6 Å². The lowest BCUT2D eigenvalue weighted by molar-refractivity contribution is -0.138. The number of carbonyl (C=O) groups excluding carboxylic acids is 2. The highest BCUT2D eigenvalue weighted by molar-refractivity contribution is 6.05. The van der Waals surface area contributed by atoms with Crippen molar-refractivity contribution >= 4 is 23.2 Å². The van der Waals surface area contributed by atoms with E-state index in [9.17, 15) is 22.8 Å². The maximum absolute atomic E-state index is 12.6. The van der Waals surface area contributed by atoms with Crippen LogP contribution in [0.1, 0.15) is 31.1 Å². The summed E-state index contributed by atoms with van der Waals surface area (Å²) in [5, 5.41) is 7.45. The van der Waals surface area contributed by atoms with Gasteiger partial charge in [-0.25, -0.2) is 0 Å². The number of hydrogen-bond donors (Lipinski definition) is 3. The van der Waals surface area contributed by atoms with E-state index in [1.807, 2.05) is 5.32 Å². The van der Waals surface area contributed by atoms with Crippen LogP contribution < -0.4 is 25.4 Å². The van der Waals surface area contributed by atoms with Crippen LogP contribution in [0.5, 0.6) is 11.5 Å². The molecule has 0 unspecified atom stereocenters. The summed E-state index contributed by atoms with van der Waals surface area (Å²) >= 11 is 0. The van der Waals surface area contributed by atoms with Gasteiger partial charge in [0.15, 0.2) is 0 Å². The molecular formula is C22H26F3N3O4. The Kier molecular flexibility index (Phi) is 8.74. The molecule has 2 amide bonds. The summed E-state index contributed by atoms with van der Waals surface area (Å²) in [5.74, 6) is -0.570. The van der Waals surface area contributed by atoms with E-state index in [1.54, 1.807) is 44.2 Å². The van der Waals surface area contributed by atoms with Crippen molar-refractivity contribution in [3.63, 3.8) is 0 Å². The van der Waals surface area contributed by atoms with Crippen LogP contribution in [0.25, 0.3) is 0 Å². The van der Waals surface area contributed by atoms with Gasteiger partial charge < -0.3 is 25.4 Å². The predicted molar refractivity (Wildman–Crippen MR) is 115 cm³/mol. The second kappa shape index (κ2) is 11.3. The standard InChI is InChI=1S/C22H26F3N3O4/c1-4-31-18-12-17(28-21(30)15-9-7-6-8-10-15)19(32-5-2)11-16(18)27-14(3)20(29)26-13-22(23,24)25/h6-12,14,27H,4-5,13H2,1-3H3,(H,26,29)(H,28,30)/t14-/m0/s1. The first-order valence-electron chi connectivity index (χ1n) is 10.1. The average molecular weight is 453 g/mol. The van der Waals surface area contributed by atoms with Crippen molar-refractivity contribution in [1.29, 1.82) is 0 Å². The van der Waals surface area contributed by atoms with Crippen LogP contribution in [-0.4, -0.2) is 43.8 Å². The number of nitrogens with one attached hydrogen (secondary N) is 3. The lowest BCUT2D eigenvalue weighted by Crippen LogP contribution is -2.42. The molecule has 0 saturated heterocycles. The van der Waals surface area contributed by atoms with Crippen LogP contribution >= 0.6 is 0 Å². The maximum Gasteiger partial charge on any atom is 0.405 e. The quantitative estimate of drug-likeness (QED) is 0.502. The van der Waals surface area contributed by atoms with Gasteiger partial charge in [0.1, 0.15) is 24.1 Å². The van der Waals surface area contributed by atoms with Crippen molar-refractivity contribution in [2.75, 3.05) is 30.4 Å². The SMILES string of the molecule is CCOc1cc(N[C@@H](C)C(=O)NCC(F)(F)F)c(OCC)cc1NC(=O)c1ccccc1. The summed E-state index contributed by atoms with van der Waals surface area (Å²) in [6.45, 7) is 4.09. The predicted octanol–water partition coefficient (Wildman–Crippen LogP) is 4.22. The molecule has 2 rings (SSSR count). The fourth-order valence-corrected chi connectivity index (χ4v) is 2.74. The second-order valence-corrected chi connectivity index (χ2v) is 6.73. The first kappa shape index (κ1) is 24.8. The zero-order chi connectivity index (χ0) is 23.7. The smallest absolute Gasteiger partial charge is 0.405 e. The molecule has 2 aromatic rings. The minimum atomic E-state index is -4.51. The first-order chi connectivity index (χ1) is 15.1. The zero-order valence-electron chi connectivity index (χ0n) is 18.0. The van der Waals surface area contributed by atoms with Gasteiger partial charge in [0, 0.05) is 17.7 Å². The van der Waals surface area contributed by atoms with Crippen LogP contribution in [-0.2, 0) is 4.79 Å². The van der Waals surface area contributed by atoms with Crippen LogP contribution in [0, 0.1) is 0 Å². The number of anilines is 2. The Morgan fingerprint density at radius 2 is 1.53 bits per heavy atom. The Morgan fingerprint density at radius 1 is 0.969 bits per heavy atom. The third-order valence-corrected chi connectivity index (χ3v) is 4.19. The molecule has 1 atom stereocenters. The Balaban J connectivity index is 2.28. The molecule has 7 nitrogen and oxygen atoms in total. The molecule has 0 fully saturated rings. The number of alkyl halides is 3. The third kappa shape index (κ3) is 7.36. The number of halogens is 3. The minimum Gasteiger partial charge on any atom is -0.492 e. The Bertz CT molecular complexity index is 921. The molecule has 174 valence electrons. The van der Waals surface area contributed by atoms with Crippen molar-refractivity contribution in [1.82, 2.24) is 5.32 Å². The normalized spacial score (nSPS) is 11.9. The lowest BCUT2D eigenvalue weighted by atomic mass is 10.1. The van der Waals surface area contributed by atoms with E-state index >= 15 is 0 Å². The zero-order valence-corrected chi connectivity index (χ0v) is 18.0. The molecule has 0 aliphatic rings. The molecule has 0 saturated carbocycles. The number of hydrogen-bond acceptors (Lipinski definition) is 5. The molecule has 0 aromatic heterocycles. The van der Waals surface area contributed by atoms with Gasteiger partial charge in [-0.05, 0) is 32.9 Å². The molecule has 0 spiro atoms. The van der Waals surface area contributed by atoms with E-state index in [1.165, 1.54) is 19.1 Å². The minimum absolute atomic E-state index is 0.281. The summed E-state index contributed by atoms with van der Waals surface area (Å²) in [4.78, 5) is 24.6. The lowest BCUT2D eigenvalue weighted by Gasteiger charge is -2.21. The second-order valence-electron chi connectivity index (χ2n) is 6.73. The molecule has 32 heavy (non-hydrogen) atoms. The third-order valence-electron chi connectivity index (χ3n) is 4.19. The number of ether oxygens (including phenoxy) is 2. The molecule has 3 N–H and O–H groups in total.